The van der Waals surface area contributed by atoms with Crippen LogP contribution in [0.4, 0.5) is 5.69 Å². The van der Waals surface area contributed by atoms with E-state index in [1.807, 2.05) is 30.3 Å². The Balaban J connectivity index is 2.05. The lowest BCUT2D eigenvalue weighted by atomic mass is 10.2. The molecule has 0 unspecified atom stereocenters. The Hall–Kier alpha value is -1.33. The molecule has 0 aromatic heterocycles. The number of nitrogen functional groups attached to an aromatic ring is 1. The minimum absolute atomic E-state index is 0.121. The van der Waals surface area contributed by atoms with Crippen LogP contribution in [-0.2, 0) is 6.54 Å². The van der Waals surface area contributed by atoms with Crippen LogP contribution in [0.15, 0.2) is 51.4 Å². The van der Waals surface area contributed by atoms with Crippen LogP contribution in [0.25, 0.3) is 0 Å². The molecule has 0 radical (unpaired) electrons. The first kappa shape index (κ1) is 14.1. The van der Waals surface area contributed by atoms with Crippen molar-refractivity contribution in [2.75, 3.05) is 5.73 Å². The molecule has 0 fully saturated rings. The van der Waals surface area contributed by atoms with Crippen LogP contribution in [0.3, 0.4) is 0 Å². The highest BCUT2D eigenvalue weighted by atomic mass is 79.9. The Morgan fingerprint density at radius 2 is 1.79 bits per heavy atom. The molecule has 0 saturated carbocycles. The molecule has 1 amide bonds. The number of carbonyl (C=O) groups is 1. The molecule has 0 aliphatic heterocycles. The zero-order valence-electron chi connectivity index (χ0n) is 9.99. The van der Waals surface area contributed by atoms with Gasteiger partial charge in [0.15, 0.2) is 0 Å². The zero-order valence-corrected chi connectivity index (χ0v) is 13.2. The van der Waals surface area contributed by atoms with E-state index >= 15 is 0 Å². The zero-order chi connectivity index (χ0) is 13.8. The Kier molecular flexibility index (Phi) is 4.61. The maximum Gasteiger partial charge on any atom is 0.251 e. The van der Waals surface area contributed by atoms with E-state index in [1.54, 1.807) is 12.1 Å². The number of carbonyl (C=O) groups excluding carboxylic acids is 1. The fraction of sp³-hybridized carbons (Fsp3) is 0.0714. The predicted molar refractivity (Wildman–Crippen MR) is 83.9 cm³/mol. The van der Waals surface area contributed by atoms with Gasteiger partial charge >= 0.3 is 0 Å². The van der Waals surface area contributed by atoms with E-state index in [4.69, 9.17) is 5.73 Å². The molecule has 2 aromatic rings. The minimum Gasteiger partial charge on any atom is -0.399 e. The topological polar surface area (TPSA) is 55.1 Å². The summed E-state index contributed by atoms with van der Waals surface area (Å²) < 4.78 is 1.71. The molecule has 3 N–H and O–H groups in total. The van der Waals surface area contributed by atoms with Crippen LogP contribution in [0, 0.1) is 0 Å². The number of amides is 1. The summed E-state index contributed by atoms with van der Waals surface area (Å²) in [6.45, 7) is 0.452. The summed E-state index contributed by atoms with van der Waals surface area (Å²) in [7, 11) is 0. The van der Waals surface area contributed by atoms with E-state index in [9.17, 15) is 4.79 Å². The van der Waals surface area contributed by atoms with Crippen molar-refractivity contribution in [3.63, 3.8) is 0 Å². The van der Waals surface area contributed by atoms with Crippen LogP contribution in [0.1, 0.15) is 15.9 Å². The molecular formula is C14H12Br2N2O. The molecule has 0 saturated heterocycles. The number of halogens is 2. The van der Waals surface area contributed by atoms with Gasteiger partial charge in [0.2, 0.25) is 0 Å². The third-order valence-electron chi connectivity index (χ3n) is 2.53. The molecule has 0 bridgehead atoms. The molecule has 3 nitrogen and oxygen atoms in total. The van der Waals surface area contributed by atoms with Gasteiger partial charge in [-0.3, -0.25) is 4.79 Å². The predicted octanol–water partition coefficient (Wildman–Crippen LogP) is 3.72. The van der Waals surface area contributed by atoms with Crippen LogP contribution >= 0.6 is 31.9 Å². The van der Waals surface area contributed by atoms with Gasteiger partial charge in [-0.1, -0.05) is 44.0 Å². The molecule has 2 rings (SSSR count). The second-order valence-electron chi connectivity index (χ2n) is 4.09. The minimum atomic E-state index is -0.121. The van der Waals surface area contributed by atoms with Gasteiger partial charge in [-0.25, -0.2) is 0 Å². The molecule has 0 spiro atoms. The smallest absolute Gasteiger partial charge is 0.251 e. The van der Waals surface area contributed by atoms with Crippen LogP contribution in [0.5, 0.6) is 0 Å². The number of nitrogens with two attached hydrogens (primary N) is 1. The first-order valence-electron chi connectivity index (χ1n) is 5.63. The Bertz CT molecular complexity index is 594. The lowest BCUT2D eigenvalue weighted by molar-refractivity contribution is 0.0951. The maximum atomic E-state index is 12.0. The standard InChI is InChI=1S/C14H12Br2N2O/c15-11-5-10(6-12(16)7-11)14(19)18-8-9-2-1-3-13(17)4-9/h1-7H,8,17H2,(H,18,19). The van der Waals surface area contributed by atoms with Crippen LogP contribution in [-0.4, -0.2) is 5.91 Å². The van der Waals surface area contributed by atoms with Crippen molar-refractivity contribution in [1.29, 1.82) is 0 Å². The van der Waals surface area contributed by atoms with Crippen molar-refractivity contribution in [2.45, 2.75) is 6.54 Å². The van der Waals surface area contributed by atoms with Gasteiger partial charge < -0.3 is 11.1 Å². The summed E-state index contributed by atoms with van der Waals surface area (Å²) >= 11 is 6.72. The highest BCUT2D eigenvalue weighted by Gasteiger charge is 2.07. The van der Waals surface area contributed by atoms with E-state index in [1.165, 1.54) is 0 Å². The van der Waals surface area contributed by atoms with Crippen molar-refractivity contribution >= 4 is 43.5 Å². The average Bonchev–Trinajstić information content (AvgIpc) is 2.35. The molecule has 0 aliphatic rings. The monoisotopic (exact) mass is 382 g/mol. The normalized spacial score (nSPS) is 10.2. The Labute approximate surface area is 128 Å². The number of hydrogen-bond acceptors (Lipinski definition) is 2. The molecule has 0 aliphatic carbocycles. The highest BCUT2D eigenvalue weighted by molar-refractivity contribution is 9.11. The second kappa shape index (κ2) is 6.21. The number of hydrogen-bond donors (Lipinski definition) is 2. The lowest BCUT2D eigenvalue weighted by Crippen LogP contribution is -2.22. The largest absolute Gasteiger partial charge is 0.399 e. The summed E-state index contributed by atoms with van der Waals surface area (Å²) in [4.78, 5) is 12.0. The Morgan fingerprint density at radius 3 is 2.42 bits per heavy atom. The maximum absolute atomic E-state index is 12.0. The molecule has 19 heavy (non-hydrogen) atoms. The van der Waals surface area contributed by atoms with Gasteiger partial charge in [-0.2, -0.15) is 0 Å². The van der Waals surface area contributed by atoms with Gasteiger partial charge in [0, 0.05) is 26.7 Å². The average molecular weight is 384 g/mol. The molecule has 2 aromatic carbocycles. The molecule has 0 atom stereocenters. The van der Waals surface area contributed by atoms with Gasteiger partial charge in [0.25, 0.3) is 5.91 Å². The Morgan fingerprint density at radius 1 is 1.11 bits per heavy atom. The third kappa shape index (κ3) is 4.08. The van der Waals surface area contributed by atoms with Crippen molar-refractivity contribution in [3.8, 4) is 0 Å². The van der Waals surface area contributed by atoms with Crippen molar-refractivity contribution in [3.05, 3.63) is 62.5 Å². The molecule has 98 valence electrons. The number of anilines is 1. The first-order valence-corrected chi connectivity index (χ1v) is 7.22. The van der Waals surface area contributed by atoms with Crippen LogP contribution in [0.2, 0.25) is 0 Å². The summed E-state index contributed by atoms with van der Waals surface area (Å²) in [5.41, 5.74) is 7.96. The van der Waals surface area contributed by atoms with Gasteiger partial charge in [-0.15, -0.1) is 0 Å². The van der Waals surface area contributed by atoms with E-state index in [0.717, 1.165) is 14.5 Å². The lowest BCUT2D eigenvalue weighted by Gasteiger charge is -2.07. The first-order chi connectivity index (χ1) is 9.04. The number of rotatable bonds is 3. The van der Waals surface area contributed by atoms with E-state index in [0.29, 0.717) is 17.8 Å². The summed E-state index contributed by atoms with van der Waals surface area (Å²) in [6.07, 6.45) is 0. The fourth-order valence-electron chi connectivity index (χ4n) is 1.67. The summed E-state index contributed by atoms with van der Waals surface area (Å²) in [5, 5.41) is 2.86. The highest BCUT2D eigenvalue weighted by Crippen LogP contribution is 2.20. The number of nitrogens with one attached hydrogen (secondary N) is 1. The van der Waals surface area contributed by atoms with Gasteiger partial charge in [0.05, 0.1) is 0 Å². The van der Waals surface area contributed by atoms with Crippen molar-refractivity contribution in [2.24, 2.45) is 0 Å². The van der Waals surface area contributed by atoms with Crippen molar-refractivity contribution < 1.29 is 4.79 Å². The van der Waals surface area contributed by atoms with Gasteiger partial charge in [-0.05, 0) is 35.9 Å². The fourth-order valence-corrected chi connectivity index (χ4v) is 2.97. The van der Waals surface area contributed by atoms with E-state index in [-0.39, 0.29) is 5.91 Å². The second-order valence-corrected chi connectivity index (χ2v) is 5.92. The molecule has 0 heterocycles. The SMILES string of the molecule is Nc1cccc(CNC(=O)c2cc(Br)cc(Br)c2)c1. The van der Waals surface area contributed by atoms with Gasteiger partial charge in [0.1, 0.15) is 0 Å². The third-order valence-corrected chi connectivity index (χ3v) is 3.44. The van der Waals surface area contributed by atoms with Crippen molar-refractivity contribution in [1.82, 2.24) is 5.32 Å². The molecule has 5 heteroatoms. The quantitative estimate of drug-likeness (QED) is 0.793. The number of benzene rings is 2. The summed E-state index contributed by atoms with van der Waals surface area (Å²) in [6, 6.07) is 12.9. The van der Waals surface area contributed by atoms with E-state index < -0.39 is 0 Å². The summed E-state index contributed by atoms with van der Waals surface area (Å²) in [5.74, 6) is -0.121. The molecular weight excluding hydrogens is 372 g/mol. The van der Waals surface area contributed by atoms with Crippen LogP contribution < -0.4 is 11.1 Å². The van der Waals surface area contributed by atoms with E-state index in [2.05, 4.69) is 37.2 Å².